The monoisotopic (exact) mass is 463 g/mol. The van der Waals surface area contributed by atoms with Gasteiger partial charge >= 0.3 is 0 Å². The summed E-state index contributed by atoms with van der Waals surface area (Å²) in [5.41, 5.74) is 3.96. The highest BCUT2D eigenvalue weighted by molar-refractivity contribution is 7.80. The average Bonchev–Trinajstić information content (AvgIpc) is 2.77. The summed E-state index contributed by atoms with van der Waals surface area (Å²) in [6.07, 6.45) is 2.69. The highest BCUT2D eigenvalue weighted by atomic mass is 32.1. The largest absolute Gasteiger partial charge is 0.497 e. The van der Waals surface area contributed by atoms with Crippen molar-refractivity contribution in [3.05, 3.63) is 59.2 Å². The van der Waals surface area contributed by atoms with Crippen LogP contribution in [0.15, 0.2) is 48.0 Å². The second-order valence-corrected chi connectivity index (χ2v) is 9.52. The summed E-state index contributed by atoms with van der Waals surface area (Å²) in [7, 11) is 1.58. The Kier molecular flexibility index (Phi) is 6.01. The molecule has 0 saturated carbocycles. The minimum absolute atomic E-state index is 0.0514. The number of nitrogens with zero attached hydrogens (tertiary/aromatic N) is 2. The molecule has 2 aliphatic heterocycles. The fourth-order valence-electron chi connectivity index (χ4n) is 4.99. The fraction of sp³-hybridized carbons (Fsp3) is 0.346. The molecule has 172 valence electrons. The van der Waals surface area contributed by atoms with Crippen molar-refractivity contribution in [1.82, 2.24) is 5.32 Å². The van der Waals surface area contributed by atoms with E-state index in [1.165, 1.54) is 16.2 Å². The van der Waals surface area contributed by atoms with E-state index >= 15 is 0 Å². The van der Waals surface area contributed by atoms with Crippen LogP contribution in [0.25, 0.3) is 6.08 Å². The van der Waals surface area contributed by atoms with E-state index in [-0.39, 0.29) is 16.2 Å². The van der Waals surface area contributed by atoms with E-state index in [0.29, 0.717) is 17.4 Å². The topological polar surface area (TPSA) is 61.9 Å². The predicted octanol–water partition coefficient (Wildman–Crippen LogP) is 4.64. The van der Waals surface area contributed by atoms with Gasteiger partial charge < -0.3 is 9.64 Å². The van der Waals surface area contributed by atoms with Crippen molar-refractivity contribution in [2.75, 3.05) is 23.5 Å². The Morgan fingerprint density at radius 2 is 1.88 bits per heavy atom. The maximum Gasteiger partial charge on any atom is 0.270 e. The summed E-state index contributed by atoms with van der Waals surface area (Å²) in [5, 5.41) is 2.71. The molecule has 7 heteroatoms. The van der Waals surface area contributed by atoms with Crippen LogP contribution in [0.5, 0.6) is 5.75 Å². The second kappa shape index (κ2) is 8.63. The third kappa shape index (κ3) is 4.13. The Balaban J connectivity index is 1.70. The molecule has 0 aliphatic carbocycles. The predicted molar refractivity (Wildman–Crippen MR) is 136 cm³/mol. The molecule has 1 saturated heterocycles. The van der Waals surface area contributed by atoms with Crippen LogP contribution < -0.4 is 19.9 Å². The first-order valence-corrected chi connectivity index (χ1v) is 11.5. The molecule has 6 nitrogen and oxygen atoms in total. The number of benzene rings is 2. The van der Waals surface area contributed by atoms with E-state index in [1.807, 2.05) is 6.07 Å². The zero-order valence-corrected chi connectivity index (χ0v) is 20.5. The number of fused-ring (bicyclic) bond motifs is 1. The number of hydrogen-bond donors (Lipinski definition) is 1. The summed E-state index contributed by atoms with van der Waals surface area (Å²) in [4.78, 5) is 29.8. The van der Waals surface area contributed by atoms with Gasteiger partial charge in [0.25, 0.3) is 11.8 Å². The number of hydrogen-bond acceptors (Lipinski definition) is 5. The fourth-order valence-corrected chi connectivity index (χ4v) is 5.27. The molecular formula is C26H29N3O3S. The molecule has 0 bridgehead atoms. The Morgan fingerprint density at radius 1 is 1.18 bits per heavy atom. The van der Waals surface area contributed by atoms with Crippen LogP contribution in [-0.2, 0) is 9.59 Å². The molecule has 2 heterocycles. The minimum Gasteiger partial charge on any atom is -0.497 e. The average molecular weight is 464 g/mol. The van der Waals surface area contributed by atoms with Crippen LogP contribution >= 0.6 is 12.2 Å². The van der Waals surface area contributed by atoms with Gasteiger partial charge in [-0.2, -0.15) is 0 Å². The van der Waals surface area contributed by atoms with Gasteiger partial charge in [-0.3, -0.25) is 19.8 Å². The smallest absolute Gasteiger partial charge is 0.270 e. The summed E-state index contributed by atoms with van der Waals surface area (Å²) in [5.74, 6) is 0.102. The number of ether oxygens (including phenoxy) is 1. The Hall–Kier alpha value is -3.19. The maximum atomic E-state index is 13.3. The van der Waals surface area contributed by atoms with Crippen LogP contribution in [0.4, 0.5) is 11.4 Å². The molecule has 2 aliphatic rings. The molecule has 4 rings (SSSR count). The Morgan fingerprint density at radius 3 is 2.52 bits per heavy atom. The van der Waals surface area contributed by atoms with Crippen LogP contribution in [-0.4, -0.2) is 36.1 Å². The molecule has 0 aromatic heterocycles. The zero-order valence-electron chi connectivity index (χ0n) is 19.6. The summed E-state index contributed by atoms with van der Waals surface area (Å²) < 4.78 is 5.19. The molecule has 1 fully saturated rings. The SMILES string of the molecule is CCN1c2ccc(/C=C3\C(=O)NC(=S)N(c4ccc(OC)cc4)C3=O)cc2C(C)CC1(C)C. The standard InChI is InChI=1S/C26H29N3O3S/c1-6-28-22-12-7-17(13-20(22)16(2)15-26(28,3)4)14-21-23(30)27-25(33)29(24(21)31)18-8-10-19(32-5)11-9-18/h7-14,16H,6,15H2,1-5H3,(H,27,30,33)/b21-14+. The van der Waals surface area contributed by atoms with Crippen molar-refractivity contribution < 1.29 is 14.3 Å². The summed E-state index contributed by atoms with van der Waals surface area (Å²) >= 11 is 5.29. The molecule has 1 N–H and O–H groups in total. The van der Waals surface area contributed by atoms with Gasteiger partial charge in [-0.15, -0.1) is 0 Å². The third-order valence-corrected chi connectivity index (χ3v) is 6.75. The van der Waals surface area contributed by atoms with E-state index in [1.54, 1.807) is 37.5 Å². The van der Waals surface area contributed by atoms with Crippen molar-refractivity contribution in [2.45, 2.75) is 45.6 Å². The summed E-state index contributed by atoms with van der Waals surface area (Å²) in [6.45, 7) is 9.86. The molecule has 1 unspecified atom stereocenters. The zero-order chi connectivity index (χ0) is 23.9. The number of rotatable bonds is 4. The number of methoxy groups -OCH3 is 1. The highest BCUT2D eigenvalue weighted by Gasteiger charge is 2.36. The second-order valence-electron chi connectivity index (χ2n) is 9.14. The molecule has 0 spiro atoms. The van der Waals surface area contributed by atoms with Crippen LogP contribution in [0.3, 0.4) is 0 Å². The van der Waals surface area contributed by atoms with Gasteiger partial charge in [-0.1, -0.05) is 13.0 Å². The lowest BCUT2D eigenvalue weighted by atomic mass is 9.79. The van der Waals surface area contributed by atoms with E-state index in [9.17, 15) is 9.59 Å². The van der Waals surface area contributed by atoms with Crippen LogP contribution in [0, 0.1) is 0 Å². The molecule has 0 radical (unpaired) electrons. The maximum absolute atomic E-state index is 13.3. The van der Waals surface area contributed by atoms with Crippen LogP contribution in [0.1, 0.15) is 51.2 Å². The first-order valence-electron chi connectivity index (χ1n) is 11.1. The van der Waals surface area contributed by atoms with Gasteiger partial charge in [-0.25, -0.2) is 0 Å². The van der Waals surface area contributed by atoms with E-state index < -0.39 is 11.8 Å². The van der Waals surface area contributed by atoms with Crippen molar-refractivity contribution in [3.8, 4) is 5.75 Å². The highest BCUT2D eigenvalue weighted by Crippen LogP contribution is 2.43. The van der Waals surface area contributed by atoms with Gasteiger partial charge in [0.2, 0.25) is 0 Å². The number of anilines is 2. The van der Waals surface area contributed by atoms with Gasteiger partial charge in [0.05, 0.1) is 12.8 Å². The van der Waals surface area contributed by atoms with Gasteiger partial charge in [0.1, 0.15) is 11.3 Å². The molecule has 2 aromatic carbocycles. The number of carbonyl (C=O) groups excluding carboxylic acids is 2. The number of nitrogens with one attached hydrogen (secondary N) is 1. The number of thiocarbonyl (C=S) groups is 1. The molecule has 33 heavy (non-hydrogen) atoms. The Bertz CT molecular complexity index is 1150. The van der Waals surface area contributed by atoms with Crippen molar-refractivity contribution in [3.63, 3.8) is 0 Å². The third-order valence-electron chi connectivity index (χ3n) is 6.47. The molecule has 2 aromatic rings. The molecular weight excluding hydrogens is 434 g/mol. The molecule has 2 amide bonds. The Labute approximate surface area is 200 Å². The first kappa shape index (κ1) is 23.0. The first-order chi connectivity index (χ1) is 15.7. The van der Waals surface area contributed by atoms with Crippen molar-refractivity contribution >= 4 is 46.6 Å². The number of amides is 2. The lowest BCUT2D eigenvalue weighted by Crippen LogP contribution is -2.54. The minimum atomic E-state index is -0.489. The number of carbonyl (C=O) groups is 2. The normalized spacial score (nSPS) is 21.2. The van der Waals surface area contributed by atoms with Crippen molar-refractivity contribution in [2.24, 2.45) is 0 Å². The van der Waals surface area contributed by atoms with Gasteiger partial charge in [0.15, 0.2) is 5.11 Å². The lowest BCUT2D eigenvalue weighted by Gasteiger charge is -2.47. The molecule has 1 atom stereocenters. The van der Waals surface area contributed by atoms with E-state index in [4.69, 9.17) is 17.0 Å². The summed E-state index contributed by atoms with van der Waals surface area (Å²) in [6, 6.07) is 13.1. The van der Waals surface area contributed by atoms with Gasteiger partial charge in [-0.05, 0) is 98.9 Å². The van der Waals surface area contributed by atoms with Crippen LogP contribution in [0.2, 0.25) is 0 Å². The van der Waals surface area contributed by atoms with Crippen molar-refractivity contribution in [1.29, 1.82) is 0 Å². The quantitative estimate of drug-likeness (QED) is 0.407. The lowest BCUT2D eigenvalue weighted by molar-refractivity contribution is -0.122. The van der Waals surface area contributed by atoms with E-state index in [2.05, 4.69) is 50.0 Å². The van der Waals surface area contributed by atoms with E-state index in [0.717, 1.165) is 18.5 Å². The van der Waals surface area contributed by atoms with Gasteiger partial charge in [0, 0.05) is 17.8 Å².